The van der Waals surface area contributed by atoms with E-state index in [9.17, 15) is 19.2 Å². The molecule has 2 aliphatic heterocycles. The van der Waals surface area contributed by atoms with E-state index in [-0.39, 0.29) is 23.6 Å². The van der Waals surface area contributed by atoms with E-state index >= 15 is 0 Å². The summed E-state index contributed by atoms with van der Waals surface area (Å²) in [7, 11) is 0. The van der Waals surface area contributed by atoms with E-state index in [4.69, 9.17) is 0 Å². The lowest BCUT2D eigenvalue weighted by atomic mass is 9.55. The molecule has 4 amide bonds. The third-order valence-corrected chi connectivity index (χ3v) is 8.81. The first kappa shape index (κ1) is 22.7. The van der Waals surface area contributed by atoms with Gasteiger partial charge in [-0.15, -0.1) is 0 Å². The first-order valence-corrected chi connectivity index (χ1v) is 12.5. The van der Waals surface area contributed by atoms with Crippen molar-refractivity contribution in [2.24, 2.45) is 35.5 Å². The summed E-state index contributed by atoms with van der Waals surface area (Å²) < 4.78 is 0. The van der Waals surface area contributed by atoms with Gasteiger partial charge in [-0.05, 0) is 73.9 Å². The molecule has 2 fully saturated rings. The highest BCUT2D eigenvalue weighted by molar-refractivity contribution is 6.22. The normalized spacial score (nSPS) is 30.7. The number of hydrogen-bond acceptors (Lipinski definition) is 4. The van der Waals surface area contributed by atoms with Gasteiger partial charge in [-0.3, -0.25) is 19.2 Å². The Bertz CT molecular complexity index is 1260. The molecule has 6 nitrogen and oxygen atoms in total. The van der Waals surface area contributed by atoms with E-state index in [2.05, 4.69) is 0 Å². The van der Waals surface area contributed by atoms with E-state index in [1.807, 2.05) is 52.0 Å². The number of amides is 4. The van der Waals surface area contributed by atoms with Gasteiger partial charge in [0.1, 0.15) is 0 Å². The zero-order valence-electron chi connectivity index (χ0n) is 20.8. The molecule has 6 heteroatoms. The molecule has 0 bridgehead atoms. The van der Waals surface area contributed by atoms with Crippen LogP contribution in [0.5, 0.6) is 0 Å². The summed E-state index contributed by atoms with van der Waals surface area (Å²) in [6, 6.07) is 11.2. The van der Waals surface area contributed by atoms with Gasteiger partial charge in [-0.2, -0.15) is 0 Å². The summed E-state index contributed by atoms with van der Waals surface area (Å²) in [6.07, 6.45) is 7.21. The molecular weight excluding hydrogens is 452 g/mol. The third-order valence-electron chi connectivity index (χ3n) is 8.81. The first-order valence-electron chi connectivity index (χ1n) is 12.5. The molecule has 0 aromatic heterocycles. The van der Waals surface area contributed by atoms with E-state index in [1.54, 1.807) is 36.4 Å². The summed E-state index contributed by atoms with van der Waals surface area (Å²) in [5.74, 6) is -4.20. The van der Waals surface area contributed by atoms with Gasteiger partial charge in [0.25, 0.3) is 0 Å². The largest absolute Gasteiger partial charge is 0.273 e. The van der Waals surface area contributed by atoms with Crippen molar-refractivity contribution in [2.75, 3.05) is 9.80 Å². The average Bonchev–Trinajstić information content (AvgIpc) is 2.86. The second-order valence-corrected chi connectivity index (χ2v) is 10.5. The number of hydrogen-bond donors (Lipinski definition) is 0. The van der Waals surface area contributed by atoms with Gasteiger partial charge < -0.3 is 0 Å². The topological polar surface area (TPSA) is 74.8 Å². The molecule has 6 atom stereocenters. The van der Waals surface area contributed by atoms with Gasteiger partial charge in [-0.1, -0.05) is 48.6 Å². The molecule has 2 aromatic rings. The van der Waals surface area contributed by atoms with Crippen LogP contribution in [0.15, 0.2) is 60.7 Å². The monoisotopic (exact) mass is 480 g/mol. The van der Waals surface area contributed by atoms with Crippen LogP contribution in [0.25, 0.3) is 0 Å². The van der Waals surface area contributed by atoms with Crippen LogP contribution in [-0.2, 0) is 19.2 Å². The van der Waals surface area contributed by atoms with Gasteiger partial charge in [0.2, 0.25) is 23.6 Å². The van der Waals surface area contributed by atoms with Crippen LogP contribution in [0.1, 0.15) is 22.3 Å². The van der Waals surface area contributed by atoms with Crippen molar-refractivity contribution < 1.29 is 19.2 Å². The minimum atomic E-state index is -0.561. The van der Waals surface area contributed by atoms with Crippen molar-refractivity contribution in [1.82, 2.24) is 0 Å². The average molecular weight is 481 g/mol. The minimum absolute atomic E-state index is 0.282. The zero-order valence-corrected chi connectivity index (χ0v) is 20.8. The Kier molecular flexibility index (Phi) is 4.94. The number of anilines is 2. The van der Waals surface area contributed by atoms with Crippen molar-refractivity contribution in [1.29, 1.82) is 0 Å². The summed E-state index contributed by atoms with van der Waals surface area (Å²) in [4.78, 5) is 57.7. The SMILES string of the molecule is Cc1cccc(N2C(=O)[C@H]3C=C[C@@H]4C(=O)N(c5cccc(C)c5C)C(=O)[C@@H]5C=C[C@H](C2=O)C3C45)c1C. The number of nitrogens with zero attached hydrogens (tertiary/aromatic N) is 2. The quantitative estimate of drug-likeness (QED) is 0.477. The number of imide groups is 2. The molecule has 2 saturated heterocycles. The van der Waals surface area contributed by atoms with Crippen molar-refractivity contribution in [3.8, 4) is 0 Å². The molecule has 2 unspecified atom stereocenters. The van der Waals surface area contributed by atoms with Crippen LogP contribution in [0.3, 0.4) is 0 Å². The van der Waals surface area contributed by atoms with Gasteiger partial charge in [0, 0.05) is 0 Å². The zero-order chi connectivity index (χ0) is 25.5. The fraction of sp³-hybridized carbons (Fsp3) is 0.333. The highest BCUT2D eigenvalue weighted by Gasteiger charge is 2.61. The minimum Gasteiger partial charge on any atom is -0.273 e. The van der Waals surface area contributed by atoms with Crippen molar-refractivity contribution >= 4 is 35.0 Å². The molecule has 4 aliphatic rings. The number of carbonyl (C=O) groups is 4. The van der Waals surface area contributed by atoms with Gasteiger partial charge >= 0.3 is 0 Å². The van der Waals surface area contributed by atoms with E-state index in [0.29, 0.717) is 11.4 Å². The summed E-state index contributed by atoms with van der Waals surface area (Å²) in [5, 5.41) is 0. The Morgan fingerprint density at radius 2 is 0.806 bits per heavy atom. The van der Waals surface area contributed by atoms with Gasteiger partial charge in [0.05, 0.1) is 35.0 Å². The predicted octanol–water partition coefficient (Wildman–Crippen LogP) is 4.20. The second kappa shape index (κ2) is 7.85. The van der Waals surface area contributed by atoms with Crippen molar-refractivity contribution in [3.05, 3.63) is 83.0 Å². The number of benzene rings is 2. The van der Waals surface area contributed by atoms with Crippen molar-refractivity contribution in [2.45, 2.75) is 27.7 Å². The molecule has 0 N–H and O–H groups in total. The van der Waals surface area contributed by atoms with Gasteiger partial charge in [0.15, 0.2) is 0 Å². The van der Waals surface area contributed by atoms with E-state index in [0.717, 1.165) is 22.3 Å². The van der Waals surface area contributed by atoms with E-state index < -0.39 is 35.5 Å². The van der Waals surface area contributed by atoms with E-state index in [1.165, 1.54) is 9.80 Å². The standard InChI is InChI=1S/C30H28N2O4/c1-15-7-5-9-23(17(15)3)31-27(33)19-11-13-21-26-22(14-12-20(25(19)26)28(31)34)30(36)32(29(21)35)24-10-6-8-16(2)18(24)4/h5-14,19-22,25-26H,1-4H3/t19-,20-,21-,22+,25?,26?/m0/s1. The Morgan fingerprint density at radius 3 is 1.11 bits per heavy atom. The molecule has 0 saturated carbocycles. The Balaban J connectivity index is 1.45. The maximum absolute atomic E-state index is 13.8. The van der Waals surface area contributed by atoms with Crippen LogP contribution in [0, 0.1) is 63.2 Å². The Labute approximate surface area is 210 Å². The maximum atomic E-state index is 13.8. The summed E-state index contributed by atoms with van der Waals surface area (Å²) in [5.41, 5.74) is 4.99. The maximum Gasteiger partial charge on any atom is 0.241 e. The van der Waals surface area contributed by atoms with Crippen molar-refractivity contribution in [3.63, 3.8) is 0 Å². The smallest absolute Gasteiger partial charge is 0.241 e. The number of rotatable bonds is 2. The molecular formula is C30H28N2O4. The van der Waals surface area contributed by atoms with Gasteiger partial charge in [-0.25, -0.2) is 9.80 Å². The fourth-order valence-corrected chi connectivity index (χ4v) is 6.63. The van der Waals surface area contributed by atoms with Crippen LogP contribution in [0.2, 0.25) is 0 Å². The molecule has 2 heterocycles. The second-order valence-electron chi connectivity index (χ2n) is 10.5. The summed E-state index contributed by atoms with van der Waals surface area (Å²) in [6.45, 7) is 7.74. The molecule has 182 valence electrons. The summed E-state index contributed by atoms with van der Waals surface area (Å²) >= 11 is 0. The lowest BCUT2D eigenvalue weighted by Crippen LogP contribution is -2.64. The third kappa shape index (κ3) is 2.90. The number of carbonyl (C=O) groups excluding carboxylic acids is 4. The fourth-order valence-electron chi connectivity index (χ4n) is 6.63. The molecule has 6 rings (SSSR count). The highest BCUT2D eigenvalue weighted by Crippen LogP contribution is 2.53. The molecule has 2 aromatic carbocycles. The first-order chi connectivity index (χ1) is 17.2. The molecule has 0 radical (unpaired) electrons. The highest BCUT2D eigenvalue weighted by atomic mass is 16.2. The van der Waals surface area contributed by atoms with Crippen LogP contribution >= 0.6 is 0 Å². The van der Waals surface area contributed by atoms with Crippen LogP contribution in [0.4, 0.5) is 11.4 Å². The lowest BCUT2D eigenvalue weighted by Gasteiger charge is -2.53. The lowest BCUT2D eigenvalue weighted by molar-refractivity contribution is -0.148. The molecule has 2 aliphatic carbocycles. The Hall–Kier alpha value is -3.80. The molecule has 0 spiro atoms. The van der Waals surface area contributed by atoms with Crippen LogP contribution in [-0.4, -0.2) is 23.6 Å². The van der Waals surface area contributed by atoms with Crippen LogP contribution < -0.4 is 9.80 Å². The molecule has 36 heavy (non-hydrogen) atoms. The Morgan fingerprint density at radius 1 is 0.500 bits per heavy atom. The number of piperidine rings is 2. The number of aryl methyl sites for hydroxylation is 2. The predicted molar refractivity (Wildman–Crippen MR) is 136 cm³/mol.